The zero-order valence-corrected chi connectivity index (χ0v) is 8.41. The third kappa shape index (κ3) is 3.24. The van der Waals surface area contributed by atoms with E-state index in [1.807, 2.05) is 0 Å². The van der Waals surface area contributed by atoms with E-state index in [1.54, 1.807) is 6.92 Å². The largest absolute Gasteiger partial charge is 0.481 e. The summed E-state index contributed by atoms with van der Waals surface area (Å²) in [5, 5.41) is 13.8. The molecule has 0 aliphatic heterocycles. The molecule has 0 aromatic heterocycles. The molecule has 1 aliphatic rings. The van der Waals surface area contributed by atoms with Crippen molar-refractivity contribution in [3.8, 4) is 0 Å². The second-order valence-electron chi connectivity index (χ2n) is 3.91. The maximum Gasteiger partial charge on any atom is 0.315 e. The van der Waals surface area contributed by atoms with E-state index in [1.165, 1.54) is 0 Å². The van der Waals surface area contributed by atoms with E-state index in [2.05, 4.69) is 17.6 Å². The van der Waals surface area contributed by atoms with Gasteiger partial charge in [0.2, 0.25) is 0 Å². The highest BCUT2D eigenvalue weighted by molar-refractivity contribution is 5.76. The van der Waals surface area contributed by atoms with E-state index < -0.39 is 11.9 Å². The molecule has 5 nitrogen and oxygen atoms in total. The minimum atomic E-state index is -0.898. The van der Waals surface area contributed by atoms with E-state index in [4.69, 9.17) is 5.11 Å². The highest BCUT2D eigenvalue weighted by Gasteiger charge is 2.33. The minimum Gasteiger partial charge on any atom is -0.481 e. The molecule has 5 heteroatoms. The monoisotopic (exact) mass is 200 g/mol. The summed E-state index contributed by atoms with van der Waals surface area (Å²) in [5.41, 5.74) is 0. The van der Waals surface area contributed by atoms with E-state index in [0.717, 1.165) is 6.42 Å². The van der Waals surface area contributed by atoms with Gasteiger partial charge in [0.25, 0.3) is 0 Å². The molecule has 0 aromatic rings. The standard InChI is InChI=1S/C9H16N2O3/c1-5-3-7(5)11-9(14)10-4-6(2)8(12)13/h5-7H,3-4H2,1-2H3,(H,12,13)(H2,10,11,14). The Balaban J connectivity index is 2.11. The van der Waals surface area contributed by atoms with Crippen LogP contribution >= 0.6 is 0 Å². The van der Waals surface area contributed by atoms with Crippen molar-refractivity contribution in [2.24, 2.45) is 11.8 Å². The number of urea groups is 1. The molecular formula is C9H16N2O3. The molecule has 0 aromatic carbocycles. The molecule has 0 bridgehead atoms. The van der Waals surface area contributed by atoms with Crippen molar-refractivity contribution in [3.63, 3.8) is 0 Å². The maximum absolute atomic E-state index is 11.2. The third-order valence-electron chi connectivity index (χ3n) is 2.42. The van der Waals surface area contributed by atoms with Gasteiger partial charge in [0, 0.05) is 12.6 Å². The first-order valence-corrected chi connectivity index (χ1v) is 4.78. The number of carboxylic acid groups (broad SMARTS) is 1. The summed E-state index contributed by atoms with van der Waals surface area (Å²) < 4.78 is 0. The zero-order valence-electron chi connectivity index (χ0n) is 8.41. The molecular weight excluding hydrogens is 184 g/mol. The Morgan fingerprint density at radius 1 is 1.57 bits per heavy atom. The van der Waals surface area contributed by atoms with Gasteiger partial charge in [-0.15, -0.1) is 0 Å². The summed E-state index contributed by atoms with van der Waals surface area (Å²) in [5.74, 6) is -0.889. The van der Waals surface area contributed by atoms with E-state index in [9.17, 15) is 9.59 Å². The van der Waals surface area contributed by atoms with Gasteiger partial charge in [0.05, 0.1) is 5.92 Å². The van der Waals surface area contributed by atoms with Crippen molar-refractivity contribution >= 4 is 12.0 Å². The van der Waals surface area contributed by atoms with Crippen LogP contribution in [0.1, 0.15) is 20.3 Å². The number of amides is 2. The predicted molar refractivity (Wildman–Crippen MR) is 50.9 cm³/mol. The second kappa shape index (κ2) is 4.30. The van der Waals surface area contributed by atoms with Crippen molar-refractivity contribution in [3.05, 3.63) is 0 Å². The number of hydrogen-bond donors (Lipinski definition) is 3. The lowest BCUT2D eigenvalue weighted by atomic mass is 10.2. The summed E-state index contributed by atoms with van der Waals surface area (Å²) in [4.78, 5) is 21.6. The number of carboxylic acids is 1. The number of nitrogens with one attached hydrogen (secondary N) is 2. The van der Waals surface area contributed by atoms with Gasteiger partial charge >= 0.3 is 12.0 Å². The number of aliphatic carboxylic acids is 1. The van der Waals surface area contributed by atoms with Crippen LogP contribution in [0.3, 0.4) is 0 Å². The molecule has 1 aliphatic carbocycles. The molecule has 0 saturated heterocycles. The molecule has 3 N–H and O–H groups in total. The zero-order chi connectivity index (χ0) is 10.7. The van der Waals surface area contributed by atoms with Crippen molar-refractivity contribution in [2.45, 2.75) is 26.3 Å². The van der Waals surface area contributed by atoms with Crippen LogP contribution in [0.5, 0.6) is 0 Å². The molecule has 3 atom stereocenters. The lowest BCUT2D eigenvalue weighted by Crippen LogP contribution is -2.40. The van der Waals surface area contributed by atoms with Crippen LogP contribution in [0.2, 0.25) is 0 Å². The summed E-state index contributed by atoms with van der Waals surface area (Å²) in [6.07, 6.45) is 1.02. The number of carbonyl (C=O) groups is 2. The Bertz CT molecular complexity index is 242. The van der Waals surface area contributed by atoms with Crippen molar-refractivity contribution in [1.82, 2.24) is 10.6 Å². The fourth-order valence-electron chi connectivity index (χ4n) is 1.08. The van der Waals surface area contributed by atoms with Gasteiger partial charge in [-0.2, -0.15) is 0 Å². The predicted octanol–water partition coefficient (Wildman–Crippen LogP) is 0.415. The average Bonchev–Trinajstić information content (AvgIpc) is 2.77. The van der Waals surface area contributed by atoms with Gasteiger partial charge in [-0.3, -0.25) is 4.79 Å². The van der Waals surface area contributed by atoms with Crippen LogP contribution in [0.25, 0.3) is 0 Å². The molecule has 2 amide bonds. The summed E-state index contributed by atoms with van der Waals surface area (Å²) >= 11 is 0. The molecule has 80 valence electrons. The number of hydrogen-bond acceptors (Lipinski definition) is 2. The van der Waals surface area contributed by atoms with Crippen LogP contribution in [-0.2, 0) is 4.79 Å². The molecule has 0 heterocycles. The van der Waals surface area contributed by atoms with Gasteiger partial charge in [0.15, 0.2) is 0 Å². The summed E-state index contributed by atoms with van der Waals surface area (Å²) in [6, 6.07) is 0.00239. The lowest BCUT2D eigenvalue weighted by Gasteiger charge is -2.09. The molecule has 1 fully saturated rings. The van der Waals surface area contributed by atoms with Gasteiger partial charge in [-0.1, -0.05) is 13.8 Å². The fraction of sp³-hybridized carbons (Fsp3) is 0.778. The normalized spacial score (nSPS) is 26.4. The summed E-state index contributed by atoms with van der Waals surface area (Å²) in [7, 11) is 0. The van der Waals surface area contributed by atoms with Crippen LogP contribution < -0.4 is 10.6 Å². The van der Waals surface area contributed by atoms with Crippen molar-refractivity contribution < 1.29 is 14.7 Å². The number of carbonyl (C=O) groups excluding carboxylic acids is 1. The highest BCUT2D eigenvalue weighted by atomic mass is 16.4. The molecule has 1 rings (SSSR count). The molecule has 0 spiro atoms. The first-order chi connectivity index (χ1) is 6.50. The van der Waals surface area contributed by atoms with Crippen LogP contribution in [-0.4, -0.2) is 29.7 Å². The molecule has 1 saturated carbocycles. The van der Waals surface area contributed by atoms with Crippen LogP contribution in [0.4, 0.5) is 4.79 Å². The topological polar surface area (TPSA) is 78.4 Å². The van der Waals surface area contributed by atoms with Crippen LogP contribution in [0, 0.1) is 11.8 Å². The Labute approximate surface area is 82.9 Å². The molecule has 14 heavy (non-hydrogen) atoms. The first-order valence-electron chi connectivity index (χ1n) is 4.78. The van der Waals surface area contributed by atoms with Crippen molar-refractivity contribution in [2.75, 3.05) is 6.54 Å². The summed E-state index contributed by atoms with van der Waals surface area (Å²) in [6.45, 7) is 3.79. The van der Waals surface area contributed by atoms with Gasteiger partial charge in [-0.05, 0) is 12.3 Å². The lowest BCUT2D eigenvalue weighted by molar-refractivity contribution is -0.140. The van der Waals surface area contributed by atoms with Gasteiger partial charge in [-0.25, -0.2) is 4.79 Å². The maximum atomic E-state index is 11.2. The number of rotatable bonds is 4. The van der Waals surface area contributed by atoms with E-state index >= 15 is 0 Å². The van der Waals surface area contributed by atoms with Crippen LogP contribution in [0.15, 0.2) is 0 Å². The minimum absolute atomic E-state index is 0.169. The second-order valence-corrected chi connectivity index (χ2v) is 3.91. The smallest absolute Gasteiger partial charge is 0.315 e. The quantitative estimate of drug-likeness (QED) is 0.615. The fourth-order valence-corrected chi connectivity index (χ4v) is 1.08. The Morgan fingerprint density at radius 2 is 2.14 bits per heavy atom. The third-order valence-corrected chi connectivity index (χ3v) is 2.42. The van der Waals surface area contributed by atoms with Crippen molar-refractivity contribution in [1.29, 1.82) is 0 Å². The van der Waals surface area contributed by atoms with E-state index in [0.29, 0.717) is 5.92 Å². The SMILES string of the molecule is CC(CNC(=O)NC1CC1C)C(=O)O. The Kier molecular flexibility index (Phi) is 3.33. The Morgan fingerprint density at radius 3 is 2.57 bits per heavy atom. The Hall–Kier alpha value is -1.26. The highest BCUT2D eigenvalue weighted by Crippen LogP contribution is 2.28. The van der Waals surface area contributed by atoms with E-state index in [-0.39, 0.29) is 18.6 Å². The first kappa shape index (κ1) is 10.8. The average molecular weight is 200 g/mol. The van der Waals surface area contributed by atoms with Gasteiger partial charge < -0.3 is 15.7 Å². The van der Waals surface area contributed by atoms with Gasteiger partial charge in [0.1, 0.15) is 0 Å². The molecule has 3 unspecified atom stereocenters. The molecule has 0 radical (unpaired) electrons.